The van der Waals surface area contributed by atoms with E-state index in [4.69, 9.17) is 14.2 Å². The van der Waals surface area contributed by atoms with E-state index in [9.17, 15) is 0 Å². The van der Waals surface area contributed by atoms with Crippen molar-refractivity contribution in [2.45, 2.75) is 41.2 Å². The molecule has 0 N–H and O–H groups in total. The Morgan fingerprint density at radius 3 is 2.12 bits per heavy atom. The van der Waals surface area contributed by atoms with Gasteiger partial charge in [-0.1, -0.05) is 0 Å². The van der Waals surface area contributed by atoms with Gasteiger partial charge >= 0.3 is 213 Å². The zero-order chi connectivity index (χ0) is 23.3. The van der Waals surface area contributed by atoms with E-state index in [1.54, 1.807) is 21.3 Å². The average molecular weight is 574 g/mol. The summed E-state index contributed by atoms with van der Waals surface area (Å²) < 4.78 is 18.4. The molecular weight excluding hydrogens is 543 g/mol. The van der Waals surface area contributed by atoms with Crippen molar-refractivity contribution in [1.29, 1.82) is 0 Å². The zero-order valence-electron chi connectivity index (χ0n) is 19.5. The molecule has 0 spiro atoms. The molecule has 0 saturated carbocycles. The van der Waals surface area contributed by atoms with Gasteiger partial charge in [-0.15, -0.1) is 0 Å². The molecular formula is C28H31BrO3Se. The third kappa shape index (κ3) is 5.26. The van der Waals surface area contributed by atoms with E-state index in [0.29, 0.717) is 20.7 Å². The normalized spacial score (nSPS) is 19.0. The molecule has 1 aliphatic heterocycles. The number of benzene rings is 3. The second kappa shape index (κ2) is 11.0. The van der Waals surface area contributed by atoms with Crippen LogP contribution < -0.4 is 14.2 Å². The Labute approximate surface area is 212 Å². The van der Waals surface area contributed by atoms with Crippen LogP contribution in [0.25, 0.3) is 0 Å². The first kappa shape index (κ1) is 24.2. The van der Waals surface area contributed by atoms with Gasteiger partial charge in [0, 0.05) is 0 Å². The average Bonchev–Trinajstić information content (AvgIpc) is 2.88. The molecule has 3 nitrogen and oxygen atoms in total. The van der Waals surface area contributed by atoms with Crippen molar-refractivity contribution < 1.29 is 14.2 Å². The van der Waals surface area contributed by atoms with E-state index in [-0.39, 0.29) is 10.2 Å². The van der Waals surface area contributed by atoms with E-state index in [0.717, 1.165) is 28.0 Å². The molecule has 0 radical (unpaired) electrons. The Kier molecular flexibility index (Phi) is 8.06. The fraction of sp³-hybridized carbons (Fsp3) is 0.357. The van der Waals surface area contributed by atoms with Crippen LogP contribution in [-0.4, -0.2) is 36.3 Å². The minimum atomic E-state index is 0.174. The number of rotatable bonds is 8. The van der Waals surface area contributed by atoms with Gasteiger partial charge in [-0.3, -0.25) is 0 Å². The van der Waals surface area contributed by atoms with Gasteiger partial charge in [-0.25, -0.2) is 0 Å². The molecule has 1 fully saturated rings. The van der Waals surface area contributed by atoms with Crippen molar-refractivity contribution in [1.82, 2.24) is 0 Å². The quantitative estimate of drug-likeness (QED) is 0.267. The summed E-state index contributed by atoms with van der Waals surface area (Å²) in [7, 11) is 5.09. The topological polar surface area (TPSA) is 27.7 Å². The first-order chi connectivity index (χ1) is 16.1. The molecule has 33 heavy (non-hydrogen) atoms. The first-order valence-corrected chi connectivity index (χ1v) is 14.2. The summed E-state index contributed by atoms with van der Waals surface area (Å²) in [5.41, 5.74) is 3.92. The number of ether oxygens (including phenoxy) is 3. The van der Waals surface area contributed by atoms with Crippen molar-refractivity contribution in [3.05, 3.63) is 87.9 Å². The van der Waals surface area contributed by atoms with Crippen LogP contribution in [0.4, 0.5) is 0 Å². The predicted molar refractivity (Wildman–Crippen MR) is 139 cm³/mol. The van der Waals surface area contributed by atoms with Gasteiger partial charge in [-0.05, 0) is 0 Å². The fourth-order valence-electron chi connectivity index (χ4n) is 4.86. The molecule has 4 rings (SSSR count). The van der Waals surface area contributed by atoms with Crippen LogP contribution in [0.2, 0.25) is 5.32 Å². The Hall–Kier alpha value is -1.94. The van der Waals surface area contributed by atoms with Crippen LogP contribution in [0.15, 0.2) is 71.2 Å². The van der Waals surface area contributed by atoms with Gasteiger partial charge in [0.1, 0.15) is 0 Å². The van der Waals surface area contributed by atoms with E-state index in [2.05, 4.69) is 76.6 Å². The Balaban J connectivity index is 1.87. The van der Waals surface area contributed by atoms with E-state index < -0.39 is 0 Å². The Morgan fingerprint density at radius 2 is 1.52 bits per heavy atom. The third-order valence-corrected chi connectivity index (χ3v) is 10.6. The van der Waals surface area contributed by atoms with Gasteiger partial charge < -0.3 is 0 Å². The SMILES string of the molecule is COc1cc(OC)c(C(CC2(c3ccccc3)CCCC[Se]2)c2ccc(Br)cc2)cc1OC. The summed E-state index contributed by atoms with van der Waals surface area (Å²) in [4.78, 5) is 0. The van der Waals surface area contributed by atoms with E-state index in [1.165, 1.54) is 35.7 Å². The molecule has 0 bridgehead atoms. The molecule has 2 unspecified atom stereocenters. The molecule has 1 saturated heterocycles. The standard InChI is InChI=1S/C28H31BrO3Se/c1-30-25-18-27(32-3)26(31-2)17-23(25)24(20-11-13-22(29)14-12-20)19-28(15-7-8-16-33-28)21-9-5-4-6-10-21/h4-6,9-14,17-18,24H,7-8,15-16,19H2,1-3H3. The minimum absolute atomic E-state index is 0.174. The summed E-state index contributed by atoms with van der Waals surface area (Å²) in [6.45, 7) is 0. The molecule has 3 aromatic carbocycles. The fourth-order valence-corrected chi connectivity index (χ4v) is 8.51. The van der Waals surface area contributed by atoms with Crippen LogP contribution in [0, 0.1) is 0 Å². The molecule has 0 aromatic heterocycles. The van der Waals surface area contributed by atoms with Crippen LogP contribution >= 0.6 is 15.9 Å². The second-order valence-corrected chi connectivity index (χ2v) is 12.4. The predicted octanol–water partition coefficient (Wildman–Crippen LogP) is 7.20. The summed E-state index contributed by atoms with van der Waals surface area (Å²) in [5, 5.41) is 1.33. The van der Waals surface area contributed by atoms with Crippen LogP contribution in [0.3, 0.4) is 0 Å². The molecule has 0 aliphatic carbocycles. The van der Waals surface area contributed by atoms with Gasteiger partial charge in [0.25, 0.3) is 0 Å². The summed E-state index contributed by atoms with van der Waals surface area (Å²) in [5.74, 6) is 2.44. The Bertz CT molecular complexity index is 1050. The van der Waals surface area contributed by atoms with Crippen molar-refractivity contribution in [3.63, 3.8) is 0 Å². The number of hydrogen-bond donors (Lipinski definition) is 0. The molecule has 5 heteroatoms. The molecule has 174 valence electrons. The molecule has 2 atom stereocenters. The van der Waals surface area contributed by atoms with Gasteiger partial charge in [0.2, 0.25) is 0 Å². The number of hydrogen-bond acceptors (Lipinski definition) is 3. The van der Waals surface area contributed by atoms with Gasteiger partial charge in [-0.2, -0.15) is 0 Å². The van der Waals surface area contributed by atoms with Gasteiger partial charge in [0.05, 0.1) is 0 Å². The molecule has 1 aliphatic rings. The van der Waals surface area contributed by atoms with E-state index >= 15 is 0 Å². The Morgan fingerprint density at radius 1 is 0.848 bits per heavy atom. The molecule has 3 aromatic rings. The first-order valence-electron chi connectivity index (χ1n) is 11.3. The van der Waals surface area contributed by atoms with Crippen molar-refractivity contribution in [2.75, 3.05) is 21.3 Å². The van der Waals surface area contributed by atoms with Crippen molar-refractivity contribution in [2.24, 2.45) is 0 Å². The summed E-state index contributed by atoms with van der Waals surface area (Å²) in [6, 6.07) is 24.0. The molecule has 1 heterocycles. The number of methoxy groups -OCH3 is 3. The summed E-state index contributed by atoms with van der Waals surface area (Å²) in [6.07, 6.45) is 4.91. The third-order valence-electron chi connectivity index (χ3n) is 6.57. The van der Waals surface area contributed by atoms with E-state index in [1.807, 2.05) is 6.07 Å². The van der Waals surface area contributed by atoms with Crippen molar-refractivity contribution >= 4 is 30.9 Å². The van der Waals surface area contributed by atoms with Crippen LogP contribution in [0.1, 0.15) is 48.3 Å². The summed E-state index contributed by atoms with van der Waals surface area (Å²) >= 11 is 4.14. The van der Waals surface area contributed by atoms with Crippen molar-refractivity contribution in [3.8, 4) is 17.2 Å². The van der Waals surface area contributed by atoms with Crippen LogP contribution in [0.5, 0.6) is 17.2 Å². The number of halogens is 1. The monoisotopic (exact) mass is 574 g/mol. The molecule has 0 amide bonds. The van der Waals surface area contributed by atoms with Gasteiger partial charge in [0.15, 0.2) is 0 Å². The maximum atomic E-state index is 5.90. The van der Waals surface area contributed by atoms with Crippen LogP contribution in [-0.2, 0) is 4.31 Å². The zero-order valence-corrected chi connectivity index (χ0v) is 22.8. The maximum absolute atomic E-state index is 5.90. The second-order valence-electron chi connectivity index (χ2n) is 8.42.